The highest BCUT2D eigenvalue weighted by Crippen LogP contribution is 2.38. The summed E-state index contributed by atoms with van der Waals surface area (Å²) in [5.41, 5.74) is 7.06. The van der Waals surface area contributed by atoms with Crippen LogP contribution in [-0.4, -0.2) is 14.1 Å². The summed E-state index contributed by atoms with van der Waals surface area (Å²) in [4.78, 5) is 4.75. The molecule has 3 aromatic heterocycles. The lowest BCUT2D eigenvalue weighted by Crippen LogP contribution is -1.92. The SMILES string of the molecule is c1ccc(-n2c3ccc4cc3c3cc(ccc32)c2ccc3c(c2)c2cc(ccc2n3-c2ccccc2)c2cccc(c2)c2cncc(c2)c2cccc4c2)cc1. The first-order valence-electron chi connectivity index (χ1n) is 19.2. The molecule has 9 aromatic carbocycles. The molecule has 0 saturated heterocycles. The Morgan fingerprint density at radius 3 is 0.911 bits per heavy atom. The quantitative estimate of drug-likeness (QED) is 0.175. The summed E-state index contributed by atoms with van der Waals surface area (Å²) in [5.74, 6) is 0. The number of benzene rings is 8. The predicted octanol–water partition coefficient (Wildman–Crippen LogP) is 14.2. The minimum absolute atomic E-state index is 1.09. The third-order valence-electron chi connectivity index (χ3n) is 11.7. The monoisotopic (exact) mass is 711 g/mol. The van der Waals surface area contributed by atoms with Gasteiger partial charge in [0.05, 0.1) is 22.1 Å². The Kier molecular flexibility index (Phi) is 6.63. The van der Waals surface area contributed by atoms with E-state index in [1.165, 1.54) is 75.9 Å². The van der Waals surface area contributed by atoms with E-state index in [2.05, 4.69) is 197 Å². The van der Waals surface area contributed by atoms with Crippen molar-refractivity contribution in [3.63, 3.8) is 0 Å². The van der Waals surface area contributed by atoms with Gasteiger partial charge >= 0.3 is 0 Å². The third kappa shape index (κ3) is 4.74. The summed E-state index contributed by atoms with van der Waals surface area (Å²) in [6, 6.07) is 69.2. The molecule has 0 N–H and O–H groups in total. The molecule has 3 heterocycles. The van der Waals surface area contributed by atoms with Gasteiger partial charge in [0.2, 0.25) is 0 Å². The Bertz CT molecular complexity index is 3390. The number of hydrogen-bond donors (Lipinski definition) is 0. The van der Waals surface area contributed by atoms with Crippen molar-refractivity contribution in [3.8, 4) is 11.4 Å². The zero-order chi connectivity index (χ0) is 36.7. The molecule has 14 bridgehead atoms. The number of nitrogens with zero attached hydrogens (tertiary/aromatic N) is 3. The van der Waals surface area contributed by atoms with Gasteiger partial charge in [0.1, 0.15) is 0 Å². The molecule has 12 rings (SSSR count). The lowest BCUT2D eigenvalue weighted by molar-refractivity contribution is 1.18. The van der Waals surface area contributed by atoms with Crippen LogP contribution in [0.25, 0.3) is 109 Å². The number of aromatic nitrogens is 3. The van der Waals surface area contributed by atoms with Crippen LogP contribution in [0.3, 0.4) is 0 Å². The Morgan fingerprint density at radius 2 is 0.554 bits per heavy atom. The van der Waals surface area contributed by atoms with E-state index in [1.807, 2.05) is 12.4 Å². The molecule has 0 spiro atoms. The standard InChI is InChI=1S/C53H33N3/c1-3-13-44(14-4-1)55-50-21-17-38-28-46(50)48-30-40(19-23-52(48)55)41-20-24-53-49(31-41)47-29-39(18-22-51(47)56(53)45-15-5-2-6-16-45)35-10-8-12-37(26-35)43-27-42(32-54-33-43)36-11-7-9-34(38)25-36/h1-33H. The highest BCUT2D eigenvalue weighted by molar-refractivity contribution is 6.17. The summed E-state index contributed by atoms with van der Waals surface area (Å²) >= 11 is 0. The summed E-state index contributed by atoms with van der Waals surface area (Å²) in [7, 11) is 0. The van der Waals surface area contributed by atoms with E-state index < -0.39 is 0 Å². The summed E-state index contributed by atoms with van der Waals surface area (Å²) < 4.78 is 4.80. The number of rotatable bonds is 2. The van der Waals surface area contributed by atoms with Gasteiger partial charge in [0, 0.05) is 56.1 Å². The maximum atomic E-state index is 4.75. The maximum Gasteiger partial charge on any atom is 0.0541 e. The number of hydrogen-bond acceptors (Lipinski definition) is 1. The minimum atomic E-state index is 1.09. The van der Waals surface area contributed by atoms with Crippen molar-refractivity contribution in [1.29, 1.82) is 0 Å². The normalized spacial score (nSPS) is 11.9. The molecule has 0 saturated carbocycles. The molecule has 3 nitrogen and oxygen atoms in total. The van der Waals surface area contributed by atoms with Crippen LogP contribution in [0, 0.1) is 0 Å². The molecular weight excluding hydrogens is 679 g/mol. The molecule has 3 heteroatoms. The topological polar surface area (TPSA) is 22.8 Å². The molecule has 12 aromatic rings. The number of fused-ring (bicyclic) bond motifs is 15. The van der Waals surface area contributed by atoms with Crippen molar-refractivity contribution < 1.29 is 0 Å². The predicted molar refractivity (Wildman–Crippen MR) is 238 cm³/mol. The Balaban J connectivity index is 1.27. The maximum absolute atomic E-state index is 4.75. The first-order chi connectivity index (χ1) is 27.7. The molecule has 0 unspecified atom stereocenters. The Hall–Kier alpha value is -7.49. The van der Waals surface area contributed by atoms with Crippen LogP contribution in [0.5, 0.6) is 0 Å². The lowest BCUT2D eigenvalue weighted by atomic mass is 10.0. The highest BCUT2D eigenvalue weighted by atomic mass is 15.0. The smallest absolute Gasteiger partial charge is 0.0541 e. The van der Waals surface area contributed by atoms with Crippen LogP contribution in [0.1, 0.15) is 0 Å². The molecule has 0 amide bonds. The van der Waals surface area contributed by atoms with Crippen molar-refractivity contribution in [2.75, 3.05) is 0 Å². The van der Waals surface area contributed by atoms with E-state index in [0.29, 0.717) is 0 Å². The molecule has 0 aliphatic carbocycles. The third-order valence-corrected chi connectivity index (χ3v) is 11.7. The van der Waals surface area contributed by atoms with E-state index in [1.54, 1.807) is 0 Å². The van der Waals surface area contributed by atoms with Crippen LogP contribution < -0.4 is 0 Å². The van der Waals surface area contributed by atoms with Gasteiger partial charge in [0.15, 0.2) is 0 Å². The van der Waals surface area contributed by atoms with Crippen LogP contribution in [0.15, 0.2) is 200 Å². The first kappa shape index (κ1) is 30.9. The van der Waals surface area contributed by atoms with Gasteiger partial charge in [-0.3, -0.25) is 4.98 Å². The molecule has 260 valence electrons. The highest BCUT2D eigenvalue weighted by Gasteiger charge is 2.15. The van der Waals surface area contributed by atoms with Gasteiger partial charge in [-0.05, 0) is 134 Å². The second-order valence-electron chi connectivity index (χ2n) is 14.9. The van der Waals surface area contributed by atoms with E-state index in [9.17, 15) is 0 Å². The van der Waals surface area contributed by atoms with Crippen molar-refractivity contribution in [3.05, 3.63) is 200 Å². The molecule has 0 atom stereocenters. The molecule has 0 fully saturated rings. The van der Waals surface area contributed by atoms with E-state index >= 15 is 0 Å². The van der Waals surface area contributed by atoms with Crippen LogP contribution >= 0.6 is 0 Å². The van der Waals surface area contributed by atoms with Crippen molar-refractivity contribution in [2.45, 2.75) is 0 Å². The van der Waals surface area contributed by atoms with Gasteiger partial charge in [0.25, 0.3) is 0 Å². The van der Waals surface area contributed by atoms with Gasteiger partial charge < -0.3 is 9.13 Å². The van der Waals surface area contributed by atoms with Gasteiger partial charge in [-0.15, -0.1) is 0 Å². The second-order valence-corrected chi connectivity index (χ2v) is 14.9. The van der Waals surface area contributed by atoms with Crippen molar-refractivity contribution >= 4 is 97.5 Å². The second kappa shape index (κ2) is 12.0. The van der Waals surface area contributed by atoms with Crippen LogP contribution in [0.2, 0.25) is 0 Å². The number of para-hydroxylation sites is 2. The van der Waals surface area contributed by atoms with Gasteiger partial charge in [-0.2, -0.15) is 0 Å². The zero-order valence-electron chi connectivity index (χ0n) is 30.4. The average molecular weight is 712 g/mol. The lowest BCUT2D eigenvalue weighted by Gasteiger charge is -2.08. The van der Waals surface area contributed by atoms with E-state index in [4.69, 9.17) is 4.98 Å². The number of pyridine rings is 1. The summed E-state index contributed by atoms with van der Waals surface area (Å²) in [6.45, 7) is 0. The molecule has 0 aliphatic heterocycles. The fraction of sp³-hybridized carbons (Fsp3) is 0. The Morgan fingerprint density at radius 1 is 0.250 bits per heavy atom. The fourth-order valence-electron chi connectivity index (χ4n) is 8.99. The zero-order valence-corrected chi connectivity index (χ0v) is 30.4. The van der Waals surface area contributed by atoms with Crippen LogP contribution in [-0.2, 0) is 0 Å². The van der Waals surface area contributed by atoms with Gasteiger partial charge in [-0.25, -0.2) is 0 Å². The summed E-state index contributed by atoms with van der Waals surface area (Å²) in [6.07, 6.45) is 3.95. The van der Waals surface area contributed by atoms with E-state index in [0.717, 1.165) is 32.9 Å². The van der Waals surface area contributed by atoms with Gasteiger partial charge in [-0.1, -0.05) is 97.1 Å². The Labute approximate surface area is 322 Å². The molecule has 56 heavy (non-hydrogen) atoms. The molecular formula is C53H33N3. The fourth-order valence-corrected chi connectivity index (χ4v) is 8.99. The van der Waals surface area contributed by atoms with Crippen LogP contribution in [0.4, 0.5) is 0 Å². The molecule has 0 aliphatic rings. The van der Waals surface area contributed by atoms with Crippen molar-refractivity contribution in [2.24, 2.45) is 0 Å². The molecule has 0 radical (unpaired) electrons. The summed E-state index contributed by atoms with van der Waals surface area (Å²) in [5, 5.41) is 16.5. The minimum Gasteiger partial charge on any atom is -0.309 e. The first-order valence-corrected chi connectivity index (χ1v) is 19.2. The largest absolute Gasteiger partial charge is 0.309 e. The average Bonchev–Trinajstić information content (AvgIpc) is 3.78. The van der Waals surface area contributed by atoms with E-state index in [-0.39, 0.29) is 0 Å². The van der Waals surface area contributed by atoms with Crippen molar-refractivity contribution in [1.82, 2.24) is 14.1 Å².